The molecule has 0 atom stereocenters. The third kappa shape index (κ3) is 3.89. The van der Waals surface area contributed by atoms with Crippen LogP contribution in [0, 0.1) is 5.82 Å². The number of benzene rings is 1. The van der Waals surface area contributed by atoms with Gasteiger partial charge in [0.1, 0.15) is 5.82 Å². The molecule has 0 aliphatic carbocycles. The van der Waals surface area contributed by atoms with Crippen LogP contribution in [-0.2, 0) is 6.18 Å². The maximum Gasteiger partial charge on any atom is 0.437 e. The molecule has 27 heavy (non-hydrogen) atoms. The van der Waals surface area contributed by atoms with Crippen LogP contribution in [0.4, 0.5) is 28.0 Å². The Morgan fingerprint density at radius 1 is 1.15 bits per heavy atom. The lowest BCUT2D eigenvalue weighted by Crippen LogP contribution is -2.30. The van der Waals surface area contributed by atoms with Gasteiger partial charge >= 0.3 is 12.3 Å². The van der Waals surface area contributed by atoms with Gasteiger partial charge in [-0.2, -0.15) is 18.3 Å². The number of amides is 1. The number of nitrogens with zero attached hydrogens (tertiary/aromatic N) is 4. The van der Waals surface area contributed by atoms with Gasteiger partial charge in [-0.1, -0.05) is 6.07 Å². The number of carbonyl (C=O) groups is 1. The lowest BCUT2D eigenvalue weighted by Gasteiger charge is -2.17. The summed E-state index contributed by atoms with van der Waals surface area (Å²) in [5.41, 5.74) is -1.03. The predicted octanol–water partition coefficient (Wildman–Crippen LogP) is 4.06. The molecule has 1 aromatic carbocycles. The van der Waals surface area contributed by atoms with Crippen molar-refractivity contribution in [3.8, 4) is 11.6 Å². The van der Waals surface area contributed by atoms with Crippen molar-refractivity contribution in [1.82, 2.24) is 14.8 Å². The van der Waals surface area contributed by atoms with E-state index in [1.807, 2.05) is 0 Å². The van der Waals surface area contributed by atoms with E-state index in [1.54, 1.807) is 6.07 Å². The Hall–Kier alpha value is -3.43. The largest absolute Gasteiger partial charge is 0.437 e. The first kappa shape index (κ1) is 18.4. The van der Waals surface area contributed by atoms with Crippen molar-refractivity contribution in [2.45, 2.75) is 6.18 Å². The van der Waals surface area contributed by atoms with Crippen molar-refractivity contribution in [1.29, 1.82) is 0 Å². The fraction of sp³-hybridized carbons (Fsp3) is 0.118. The molecule has 0 N–H and O–H groups in total. The van der Waals surface area contributed by atoms with Gasteiger partial charge in [-0.25, -0.2) is 18.9 Å². The summed E-state index contributed by atoms with van der Waals surface area (Å²) in [6.45, 7) is 0. The van der Waals surface area contributed by atoms with Crippen LogP contribution in [0.15, 0.2) is 54.9 Å². The highest BCUT2D eigenvalue weighted by molar-refractivity contribution is 5.88. The van der Waals surface area contributed by atoms with Crippen LogP contribution in [0.5, 0.6) is 5.75 Å². The highest BCUT2D eigenvalue weighted by atomic mass is 19.4. The number of alkyl halides is 3. The molecule has 2 aromatic heterocycles. The van der Waals surface area contributed by atoms with Crippen LogP contribution in [0.25, 0.3) is 5.82 Å². The van der Waals surface area contributed by atoms with Gasteiger partial charge in [0.2, 0.25) is 0 Å². The van der Waals surface area contributed by atoms with Gasteiger partial charge in [0.05, 0.1) is 6.20 Å². The molecule has 140 valence electrons. The fourth-order valence-corrected chi connectivity index (χ4v) is 2.25. The molecule has 1 amide bonds. The first-order valence-electron chi connectivity index (χ1n) is 7.55. The molecule has 0 saturated carbocycles. The Morgan fingerprint density at radius 2 is 1.85 bits per heavy atom. The number of hydrogen-bond acceptors (Lipinski definition) is 4. The van der Waals surface area contributed by atoms with E-state index < -0.39 is 29.5 Å². The lowest BCUT2D eigenvalue weighted by molar-refractivity contribution is -0.143. The molecule has 0 fully saturated rings. The molecule has 0 aliphatic rings. The van der Waals surface area contributed by atoms with Crippen LogP contribution in [-0.4, -0.2) is 27.9 Å². The summed E-state index contributed by atoms with van der Waals surface area (Å²) in [5, 5.41) is 3.64. The number of aromatic nitrogens is 3. The zero-order valence-corrected chi connectivity index (χ0v) is 13.8. The van der Waals surface area contributed by atoms with E-state index in [0.29, 0.717) is 4.68 Å². The molecule has 3 aromatic rings. The Labute approximate surface area is 150 Å². The smallest absolute Gasteiger partial charge is 0.406 e. The minimum Gasteiger partial charge on any atom is -0.406 e. The highest BCUT2D eigenvalue weighted by Gasteiger charge is 2.41. The Kier molecular flexibility index (Phi) is 4.80. The molecular weight excluding hydrogens is 368 g/mol. The maximum atomic E-state index is 13.5. The van der Waals surface area contributed by atoms with Gasteiger partial charge in [-0.3, -0.25) is 4.90 Å². The van der Waals surface area contributed by atoms with Crippen LogP contribution < -0.4 is 9.64 Å². The third-order valence-corrected chi connectivity index (χ3v) is 3.56. The fourth-order valence-electron chi connectivity index (χ4n) is 2.25. The normalized spacial score (nSPS) is 11.3. The number of ether oxygens (including phenoxy) is 1. The summed E-state index contributed by atoms with van der Waals surface area (Å²) in [5.74, 6) is -1.37. The summed E-state index contributed by atoms with van der Waals surface area (Å²) in [6, 6.07) is 9.17. The Balaban J connectivity index is 1.92. The number of carbonyl (C=O) groups excluding carboxylic acids is 1. The molecule has 6 nitrogen and oxygen atoms in total. The molecule has 2 heterocycles. The maximum absolute atomic E-state index is 13.5. The van der Waals surface area contributed by atoms with Crippen molar-refractivity contribution in [2.75, 3.05) is 11.9 Å². The zero-order chi connectivity index (χ0) is 19.6. The average molecular weight is 380 g/mol. The van der Waals surface area contributed by atoms with E-state index in [0.717, 1.165) is 23.2 Å². The quantitative estimate of drug-likeness (QED) is 0.643. The molecule has 0 aliphatic heterocycles. The van der Waals surface area contributed by atoms with Crippen LogP contribution >= 0.6 is 0 Å². The topological polar surface area (TPSA) is 60.3 Å². The Bertz CT molecular complexity index is 940. The summed E-state index contributed by atoms with van der Waals surface area (Å²) in [7, 11) is 1.28. The standard InChI is InChI=1S/C17H12F4N4O2/c1-24(12-7-5-11(18)6-8-12)16(26)27-13-10-23-25(15(13)17(19,20)21)14-4-2-3-9-22-14/h2-10H,1H3. The molecule has 3 rings (SSSR count). The number of pyridine rings is 1. The van der Waals surface area contributed by atoms with E-state index in [1.165, 1.54) is 37.5 Å². The second-order valence-corrected chi connectivity index (χ2v) is 5.36. The van der Waals surface area contributed by atoms with Gasteiger partial charge < -0.3 is 4.74 Å². The van der Waals surface area contributed by atoms with E-state index in [9.17, 15) is 22.4 Å². The van der Waals surface area contributed by atoms with Crippen molar-refractivity contribution in [3.63, 3.8) is 0 Å². The number of hydrogen-bond donors (Lipinski definition) is 0. The van der Waals surface area contributed by atoms with Crippen LogP contribution in [0.3, 0.4) is 0 Å². The monoisotopic (exact) mass is 380 g/mol. The summed E-state index contributed by atoms with van der Waals surface area (Å²) in [4.78, 5) is 17.0. The summed E-state index contributed by atoms with van der Waals surface area (Å²) in [6.07, 6.45) is -3.84. The van der Waals surface area contributed by atoms with Gasteiger partial charge in [-0.05, 0) is 36.4 Å². The van der Waals surface area contributed by atoms with Crippen molar-refractivity contribution in [3.05, 3.63) is 66.4 Å². The second-order valence-electron chi connectivity index (χ2n) is 5.36. The SMILES string of the molecule is CN(C(=O)Oc1cnn(-c2ccccn2)c1C(F)(F)F)c1ccc(F)cc1. The molecule has 0 radical (unpaired) electrons. The van der Waals surface area contributed by atoms with E-state index in [2.05, 4.69) is 10.1 Å². The third-order valence-electron chi connectivity index (χ3n) is 3.56. The zero-order valence-electron chi connectivity index (χ0n) is 13.8. The van der Waals surface area contributed by atoms with E-state index >= 15 is 0 Å². The minimum absolute atomic E-state index is 0.0842. The Morgan fingerprint density at radius 3 is 2.44 bits per heavy atom. The van der Waals surface area contributed by atoms with Gasteiger partial charge in [0, 0.05) is 18.9 Å². The first-order chi connectivity index (χ1) is 12.8. The molecular formula is C17H12F4N4O2. The predicted molar refractivity (Wildman–Crippen MR) is 87.2 cm³/mol. The van der Waals surface area contributed by atoms with Crippen molar-refractivity contribution < 1.29 is 27.1 Å². The van der Waals surface area contributed by atoms with Crippen molar-refractivity contribution in [2.24, 2.45) is 0 Å². The summed E-state index contributed by atoms with van der Waals surface area (Å²) < 4.78 is 58.9. The lowest BCUT2D eigenvalue weighted by atomic mass is 10.3. The molecule has 0 spiro atoms. The average Bonchev–Trinajstić information content (AvgIpc) is 3.06. The number of anilines is 1. The molecule has 10 heteroatoms. The van der Waals surface area contributed by atoms with Crippen molar-refractivity contribution >= 4 is 11.8 Å². The number of halogens is 4. The summed E-state index contributed by atoms with van der Waals surface area (Å²) >= 11 is 0. The molecule has 0 saturated heterocycles. The van der Waals surface area contributed by atoms with E-state index in [4.69, 9.17) is 4.74 Å². The molecule has 0 bridgehead atoms. The van der Waals surface area contributed by atoms with Crippen LogP contribution in [0.1, 0.15) is 5.69 Å². The highest BCUT2D eigenvalue weighted by Crippen LogP contribution is 2.37. The minimum atomic E-state index is -4.85. The molecule has 0 unspecified atom stereocenters. The van der Waals surface area contributed by atoms with Gasteiger partial charge in [0.15, 0.2) is 17.3 Å². The number of rotatable bonds is 3. The van der Waals surface area contributed by atoms with Crippen LogP contribution in [0.2, 0.25) is 0 Å². The second kappa shape index (κ2) is 7.06. The van der Waals surface area contributed by atoms with Gasteiger partial charge in [-0.15, -0.1) is 0 Å². The van der Waals surface area contributed by atoms with E-state index in [-0.39, 0.29) is 11.5 Å². The first-order valence-corrected chi connectivity index (χ1v) is 7.55. The van der Waals surface area contributed by atoms with Gasteiger partial charge in [0.25, 0.3) is 0 Å².